The molecule has 9 heteroatoms. The van der Waals surface area contributed by atoms with Crippen LogP contribution in [0.15, 0.2) is 54.7 Å². The molecule has 0 aliphatic carbocycles. The zero-order valence-corrected chi connectivity index (χ0v) is 18.5. The zero-order chi connectivity index (χ0) is 23.8. The van der Waals surface area contributed by atoms with E-state index in [0.29, 0.717) is 17.1 Å². The number of aryl methyl sites for hydroxylation is 1. The molecular formula is C24H19ClF3N3O2. The number of hydrogen-bond acceptors (Lipinski definition) is 4. The molecule has 170 valence electrons. The Labute approximate surface area is 192 Å². The van der Waals surface area contributed by atoms with Crippen molar-refractivity contribution >= 4 is 28.6 Å². The quantitative estimate of drug-likeness (QED) is 0.319. The molecule has 0 saturated heterocycles. The Kier molecular flexibility index (Phi) is 6.12. The molecule has 0 unspecified atom stereocenters. The smallest absolute Gasteiger partial charge is 0.417 e. The molecule has 2 aromatic carbocycles. The summed E-state index contributed by atoms with van der Waals surface area (Å²) in [6.45, 7) is 4.00. The van der Waals surface area contributed by atoms with Crippen LogP contribution in [0.25, 0.3) is 22.2 Å². The molecule has 0 fully saturated rings. The molecule has 0 aliphatic rings. The average molecular weight is 474 g/mol. The number of carbonyl (C=O) groups is 1. The summed E-state index contributed by atoms with van der Waals surface area (Å²) in [4.78, 5) is 20.6. The van der Waals surface area contributed by atoms with Crippen LogP contribution in [0.1, 0.15) is 34.4 Å². The van der Waals surface area contributed by atoms with Gasteiger partial charge in [-0.2, -0.15) is 13.2 Å². The summed E-state index contributed by atoms with van der Waals surface area (Å²) in [5, 5.41) is -0.0654. The Balaban J connectivity index is 1.72. The van der Waals surface area contributed by atoms with Gasteiger partial charge in [-0.3, -0.25) is 4.98 Å². The van der Waals surface area contributed by atoms with Gasteiger partial charge in [0.2, 0.25) is 0 Å². The van der Waals surface area contributed by atoms with Crippen molar-refractivity contribution in [1.82, 2.24) is 14.5 Å². The minimum atomic E-state index is -4.51. The number of esters is 1. The van der Waals surface area contributed by atoms with Crippen molar-refractivity contribution in [3.05, 3.63) is 82.4 Å². The van der Waals surface area contributed by atoms with Crippen molar-refractivity contribution in [3.8, 4) is 11.1 Å². The molecular weight excluding hydrogens is 455 g/mol. The van der Waals surface area contributed by atoms with Crippen LogP contribution >= 0.6 is 11.6 Å². The second kappa shape index (κ2) is 8.86. The maximum Gasteiger partial charge on any atom is 0.417 e. The lowest BCUT2D eigenvalue weighted by Gasteiger charge is -2.12. The van der Waals surface area contributed by atoms with E-state index in [2.05, 4.69) is 9.97 Å². The Hall–Kier alpha value is -3.39. The molecule has 0 radical (unpaired) electrons. The van der Waals surface area contributed by atoms with Crippen LogP contribution in [0.3, 0.4) is 0 Å². The summed E-state index contributed by atoms with van der Waals surface area (Å²) in [5.41, 5.74) is 3.01. The van der Waals surface area contributed by atoms with Crippen LogP contribution in [0.4, 0.5) is 13.2 Å². The number of ether oxygens (including phenoxy) is 1. The van der Waals surface area contributed by atoms with Crippen LogP contribution in [0, 0.1) is 6.92 Å². The van der Waals surface area contributed by atoms with Crippen molar-refractivity contribution in [1.29, 1.82) is 0 Å². The normalized spacial score (nSPS) is 11.7. The Bertz CT molecular complexity index is 1350. The molecule has 0 bridgehead atoms. The SMILES string of the molecule is CCOC(=O)c1cccc(-c2ccc3nc(C)n(Cc4ncc(C(F)(F)F)cc4Cl)c3c2)c1. The Morgan fingerprint density at radius 3 is 2.58 bits per heavy atom. The number of imidazole rings is 1. The fourth-order valence-electron chi connectivity index (χ4n) is 3.55. The van der Waals surface area contributed by atoms with E-state index in [9.17, 15) is 18.0 Å². The van der Waals surface area contributed by atoms with E-state index in [0.717, 1.165) is 34.4 Å². The van der Waals surface area contributed by atoms with Gasteiger partial charge in [-0.25, -0.2) is 9.78 Å². The van der Waals surface area contributed by atoms with Gasteiger partial charge in [0.25, 0.3) is 0 Å². The maximum absolute atomic E-state index is 12.9. The number of fused-ring (bicyclic) bond motifs is 1. The largest absolute Gasteiger partial charge is 0.462 e. The van der Waals surface area contributed by atoms with Crippen molar-refractivity contribution in [2.24, 2.45) is 0 Å². The molecule has 4 aromatic rings. The highest BCUT2D eigenvalue weighted by molar-refractivity contribution is 6.31. The number of hydrogen-bond donors (Lipinski definition) is 0. The molecule has 4 rings (SSSR count). The van der Waals surface area contributed by atoms with Gasteiger partial charge in [-0.05, 0) is 55.3 Å². The van der Waals surface area contributed by atoms with E-state index in [1.807, 2.05) is 28.8 Å². The molecule has 0 N–H and O–H groups in total. The third-order valence-corrected chi connectivity index (χ3v) is 5.53. The van der Waals surface area contributed by atoms with Gasteiger partial charge in [0, 0.05) is 6.20 Å². The highest BCUT2D eigenvalue weighted by Gasteiger charge is 2.31. The minimum Gasteiger partial charge on any atom is -0.462 e. The highest BCUT2D eigenvalue weighted by atomic mass is 35.5. The van der Waals surface area contributed by atoms with Crippen LogP contribution in [0.2, 0.25) is 5.02 Å². The molecule has 33 heavy (non-hydrogen) atoms. The van der Waals surface area contributed by atoms with Gasteiger partial charge in [-0.15, -0.1) is 0 Å². The lowest BCUT2D eigenvalue weighted by molar-refractivity contribution is -0.137. The summed E-state index contributed by atoms with van der Waals surface area (Å²) in [6, 6.07) is 13.6. The summed E-state index contributed by atoms with van der Waals surface area (Å²) in [5.74, 6) is 0.268. The summed E-state index contributed by atoms with van der Waals surface area (Å²) >= 11 is 6.12. The molecule has 0 saturated carbocycles. The Morgan fingerprint density at radius 2 is 1.88 bits per heavy atom. The number of nitrogens with zero attached hydrogens (tertiary/aromatic N) is 3. The van der Waals surface area contributed by atoms with Gasteiger partial charge in [0.05, 0.1) is 46.0 Å². The van der Waals surface area contributed by atoms with E-state index in [1.165, 1.54) is 0 Å². The number of pyridine rings is 1. The fraction of sp³-hybridized carbons (Fsp3) is 0.208. The third-order valence-electron chi connectivity index (χ3n) is 5.20. The number of carbonyl (C=O) groups excluding carboxylic acids is 1. The topological polar surface area (TPSA) is 57.0 Å². The number of halogens is 4. The first kappa shape index (κ1) is 22.8. The highest BCUT2D eigenvalue weighted by Crippen LogP contribution is 2.32. The van der Waals surface area contributed by atoms with Crippen LogP contribution in [-0.2, 0) is 17.5 Å². The van der Waals surface area contributed by atoms with Gasteiger partial charge in [0.1, 0.15) is 5.82 Å². The first-order chi connectivity index (χ1) is 15.7. The van der Waals surface area contributed by atoms with Crippen molar-refractivity contribution in [2.75, 3.05) is 6.61 Å². The second-order valence-corrected chi connectivity index (χ2v) is 7.81. The Morgan fingerprint density at radius 1 is 1.12 bits per heavy atom. The summed E-state index contributed by atoms with van der Waals surface area (Å²) in [6.07, 6.45) is -3.73. The van der Waals surface area contributed by atoms with Crippen LogP contribution in [-0.4, -0.2) is 27.1 Å². The number of benzene rings is 2. The van der Waals surface area contributed by atoms with Crippen molar-refractivity contribution in [2.45, 2.75) is 26.6 Å². The number of rotatable bonds is 5. The zero-order valence-electron chi connectivity index (χ0n) is 17.8. The van der Waals surface area contributed by atoms with Crippen LogP contribution in [0.5, 0.6) is 0 Å². The predicted octanol–water partition coefficient (Wildman–Crippen LogP) is 6.30. The van der Waals surface area contributed by atoms with Gasteiger partial charge < -0.3 is 9.30 Å². The first-order valence-electron chi connectivity index (χ1n) is 10.1. The van der Waals surface area contributed by atoms with E-state index in [4.69, 9.17) is 16.3 Å². The molecule has 2 heterocycles. The first-order valence-corrected chi connectivity index (χ1v) is 10.5. The van der Waals surface area contributed by atoms with Gasteiger partial charge >= 0.3 is 12.1 Å². The lowest BCUT2D eigenvalue weighted by Crippen LogP contribution is -2.09. The molecule has 2 aromatic heterocycles. The van der Waals surface area contributed by atoms with Crippen molar-refractivity contribution in [3.63, 3.8) is 0 Å². The van der Waals surface area contributed by atoms with Crippen molar-refractivity contribution < 1.29 is 22.7 Å². The van der Waals surface area contributed by atoms with Gasteiger partial charge in [-0.1, -0.05) is 29.8 Å². The minimum absolute atomic E-state index is 0.0654. The number of aromatic nitrogens is 3. The fourth-order valence-corrected chi connectivity index (χ4v) is 3.78. The molecule has 0 aliphatic heterocycles. The lowest BCUT2D eigenvalue weighted by atomic mass is 10.0. The molecule has 5 nitrogen and oxygen atoms in total. The monoisotopic (exact) mass is 473 g/mol. The third kappa shape index (κ3) is 4.71. The molecule has 0 atom stereocenters. The maximum atomic E-state index is 12.9. The van der Waals surface area contributed by atoms with E-state index >= 15 is 0 Å². The molecule has 0 amide bonds. The average Bonchev–Trinajstić information content (AvgIpc) is 3.09. The van der Waals surface area contributed by atoms with Crippen LogP contribution < -0.4 is 0 Å². The summed E-state index contributed by atoms with van der Waals surface area (Å²) in [7, 11) is 0. The predicted molar refractivity (Wildman–Crippen MR) is 119 cm³/mol. The van der Waals surface area contributed by atoms with Gasteiger partial charge in [0.15, 0.2) is 0 Å². The van der Waals surface area contributed by atoms with E-state index in [-0.39, 0.29) is 18.2 Å². The standard InChI is InChI=1S/C24H19ClF3N3O2/c1-3-33-23(32)17-6-4-5-15(9-17)16-7-8-20-22(10-16)31(14(2)30-20)13-21-19(25)11-18(12-29-21)24(26,27)28/h4-12H,3,13H2,1-2H3. The van der Waals surface area contributed by atoms with E-state index in [1.54, 1.807) is 32.0 Å². The molecule has 0 spiro atoms. The van der Waals surface area contributed by atoms with E-state index < -0.39 is 17.7 Å². The number of alkyl halides is 3. The summed E-state index contributed by atoms with van der Waals surface area (Å²) < 4.78 is 45.7. The second-order valence-electron chi connectivity index (χ2n) is 7.40.